The van der Waals surface area contributed by atoms with Crippen LogP contribution < -0.4 is 0 Å². The Kier molecular flexibility index (Phi) is 3.87. The highest BCUT2D eigenvalue weighted by Gasteiger charge is 2.12. The summed E-state index contributed by atoms with van der Waals surface area (Å²) in [5.74, 6) is 0. The minimum Gasteiger partial charge on any atom is -0.258 e. The normalized spacial score (nSPS) is 10.0. The van der Waals surface area contributed by atoms with Gasteiger partial charge in [-0.05, 0) is 5.56 Å². The number of alkyl halides is 2. The van der Waals surface area contributed by atoms with Crippen molar-refractivity contribution in [3.63, 3.8) is 0 Å². The minimum absolute atomic E-state index is 0.175. The van der Waals surface area contributed by atoms with Gasteiger partial charge in [-0.1, -0.05) is 44.0 Å². The summed E-state index contributed by atoms with van der Waals surface area (Å²) in [5, 5.41) is 11.8. The van der Waals surface area contributed by atoms with E-state index in [2.05, 4.69) is 31.9 Å². The van der Waals surface area contributed by atoms with Crippen LogP contribution in [0.3, 0.4) is 0 Å². The van der Waals surface area contributed by atoms with Crippen LogP contribution in [0, 0.1) is 10.1 Å². The zero-order chi connectivity index (χ0) is 9.84. The standard InChI is InChI=1S/C8H7Br2NO2/c9-4-6-1-2-7(5-10)8(3-6)11(12)13/h1-3H,4-5H2. The van der Waals surface area contributed by atoms with Crippen molar-refractivity contribution in [2.75, 3.05) is 0 Å². The second-order valence-electron chi connectivity index (χ2n) is 2.49. The Balaban J connectivity index is 3.18. The number of nitrogens with zero attached hydrogens (tertiary/aromatic N) is 1. The Bertz CT molecular complexity index is 328. The third-order valence-electron chi connectivity index (χ3n) is 1.64. The van der Waals surface area contributed by atoms with E-state index < -0.39 is 0 Å². The van der Waals surface area contributed by atoms with Crippen molar-refractivity contribution in [1.82, 2.24) is 0 Å². The van der Waals surface area contributed by atoms with Gasteiger partial charge in [0.1, 0.15) is 0 Å². The van der Waals surface area contributed by atoms with Crippen LogP contribution in [0.1, 0.15) is 11.1 Å². The number of nitro groups is 1. The lowest BCUT2D eigenvalue weighted by atomic mass is 10.1. The van der Waals surface area contributed by atoms with E-state index in [9.17, 15) is 10.1 Å². The monoisotopic (exact) mass is 307 g/mol. The molecule has 0 saturated heterocycles. The molecule has 0 heterocycles. The zero-order valence-electron chi connectivity index (χ0n) is 6.67. The molecule has 0 spiro atoms. The summed E-state index contributed by atoms with van der Waals surface area (Å²) >= 11 is 6.46. The smallest absolute Gasteiger partial charge is 0.258 e. The summed E-state index contributed by atoms with van der Waals surface area (Å²) in [7, 11) is 0. The van der Waals surface area contributed by atoms with Crippen LogP contribution >= 0.6 is 31.9 Å². The lowest BCUT2D eigenvalue weighted by Crippen LogP contribution is -1.94. The van der Waals surface area contributed by atoms with Gasteiger partial charge in [0.05, 0.1) is 4.92 Å². The Morgan fingerprint density at radius 3 is 2.46 bits per heavy atom. The van der Waals surface area contributed by atoms with Gasteiger partial charge in [-0.2, -0.15) is 0 Å². The number of nitro benzene ring substituents is 1. The fourth-order valence-electron chi connectivity index (χ4n) is 0.976. The van der Waals surface area contributed by atoms with E-state index in [1.807, 2.05) is 6.07 Å². The Morgan fingerprint density at radius 2 is 2.00 bits per heavy atom. The van der Waals surface area contributed by atoms with Crippen LogP contribution in [0.4, 0.5) is 5.69 Å². The van der Waals surface area contributed by atoms with Crippen LogP contribution in [-0.2, 0) is 10.7 Å². The summed E-state index contributed by atoms with van der Waals surface area (Å²) in [4.78, 5) is 10.3. The summed E-state index contributed by atoms with van der Waals surface area (Å²) < 4.78 is 0. The first-order valence-electron chi connectivity index (χ1n) is 3.57. The number of rotatable bonds is 3. The van der Waals surface area contributed by atoms with Gasteiger partial charge < -0.3 is 0 Å². The van der Waals surface area contributed by atoms with Crippen LogP contribution in [0.2, 0.25) is 0 Å². The van der Waals surface area contributed by atoms with Gasteiger partial charge in [-0.25, -0.2) is 0 Å². The molecule has 13 heavy (non-hydrogen) atoms. The van der Waals surface area contributed by atoms with Crippen molar-refractivity contribution in [3.05, 3.63) is 39.4 Å². The number of hydrogen-bond acceptors (Lipinski definition) is 2. The van der Waals surface area contributed by atoms with Gasteiger partial charge in [0.15, 0.2) is 0 Å². The molecule has 3 nitrogen and oxygen atoms in total. The molecule has 1 aromatic carbocycles. The summed E-state index contributed by atoms with van der Waals surface area (Å²) in [6.07, 6.45) is 0. The van der Waals surface area contributed by atoms with Crippen molar-refractivity contribution in [3.8, 4) is 0 Å². The fourth-order valence-corrected chi connectivity index (χ4v) is 1.80. The van der Waals surface area contributed by atoms with Crippen LogP contribution in [0.5, 0.6) is 0 Å². The van der Waals surface area contributed by atoms with Crippen molar-refractivity contribution in [2.24, 2.45) is 0 Å². The highest BCUT2D eigenvalue weighted by Crippen LogP contribution is 2.23. The first-order chi connectivity index (χ1) is 6.19. The molecule has 0 aliphatic rings. The van der Waals surface area contributed by atoms with E-state index in [1.54, 1.807) is 12.1 Å². The van der Waals surface area contributed by atoms with E-state index in [4.69, 9.17) is 0 Å². The SMILES string of the molecule is O=[N+]([O-])c1cc(CBr)ccc1CBr. The highest BCUT2D eigenvalue weighted by molar-refractivity contribution is 9.08. The molecule has 1 rings (SSSR count). The largest absolute Gasteiger partial charge is 0.273 e. The molecule has 0 fully saturated rings. The number of halogens is 2. The molecule has 0 saturated carbocycles. The summed E-state index contributed by atoms with van der Waals surface area (Å²) in [6.45, 7) is 0. The van der Waals surface area contributed by atoms with Gasteiger partial charge in [-0.3, -0.25) is 10.1 Å². The summed E-state index contributed by atoms with van der Waals surface area (Å²) in [5.41, 5.74) is 1.79. The molecule has 0 bridgehead atoms. The van der Waals surface area contributed by atoms with Crippen LogP contribution in [0.15, 0.2) is 18.2 Å². The van der Waals surface area contributed by atoms with E-state index >= 15 is 0 Å². The second-order valence-corrected chi connectivity index (χ2v) is 3.61. The van der Waals surface area contributed by atoms with Crippen molar-refractivity contribution in [2.45, 2.75) is 10.7 Å². The molecular formula is C8H7Br2NO2. The third kappa shape index (κ3) is 2.51. The molecule has 0 radical (unpaired) electrons. The second kappa shape index (κ2) is 4.72. The van der Waals surface area contributed by atoms with Crippen LogP contribution in [-0.4, -0.2) is 4.92 Å². The molecule has 0 atom stereocenters. The fraction of sp³-hybridized carbons (Fsp3) is 0.250. The average molecular weight is 309 g/mol. The molecule has 0 aliphatic heterocycles. The maximum Gasteiger partial charge on any atom is 0.273 e. The molecule has 5 heteroatoms. The minimum atomic E-state index is -0.358. The lowest BCUT2D eigenvalue weighted by Gasteiger charge is -2.00. The summed E-state index contributed by atoms with van der Waals surface area (Å²) in [6, 6.07) is 5.23. The van der Waals surface area contributed by atoms with Gasteiger partial charge in [0.2, 0.25) is 0 Å². The number of hydrogen-bond donors (Lipinski definition) is 0. The first-order valence-corrected chi connectivity index (χ1v) is 5.81. The van der Waals surface area contributed by atoms with E-state index in [1.165, 1.54) is 0 Å². The Labute approximate surface area is 92.5 Å². The lowest BCUT2D eigenvalue weighted by molar-refractivity contribution is -0.385. The third-order valence-corrected chi connectivity index (χ3v) is 2.90. The van der Waals surface area contributed by atoms with Crippen LogP contribution in [0.25, 0.3) is 0 Å². The molecule has 0 N–H and O–H groups in total. The molecular weight excluding hydrogens is 302 g/mol. The maximum atomic E-state index is 10.6. The van der Waals surface area contributed by atoms with Gasteiger partial charge in [0, 0.05) is 22.3 Å². The molecule has 1 aromatic rings. The van der Waals surface area contributed by atoms with Gasteiger partial charge >= 0.3 is 0 Å². The average Bonchev–Trinajstić information content (AvgIpc) is 2.16. The Hall–Kier alpha value is -0.420. The molecule has 0 amide bonds. The Morgan fingerprint density at radius 1 is 1.31 bits per heavy atom. The maximum absolute atomic E-state index is 10.6. The number of benzene rings is 1. The molecule has 0 unspecified atom stereocenters. The highest BCUT2D eigenvalue weighted by atomic mass is 79.9. The van der Waals surface area contributed by atoms with Gasteiger partial charge in [-0.15, -0.1) is 0 Å². The van der Waals surface area contributed by atoms with E-state index in [0.29, 0.717) is 16.2 Å². The zero-order valence-corrected chi connectivity index (χ0v) is 9.84. The molecule has 0 aromatic heterocycles. The van der Waals surface area contributed by atoms with Crippen molar-refractivity contribution < 1.29 is 4.92 Å². The van der Waals surface area contributed by atoms with E-state index in [-0.39, 0.29) is 10.6 Å². The van der Waals surface area contributed by atoms with Gasteiger partial charge in [0.25, 0.3) is 5.69 Å². The molecule has 0 aliphatic carbocycles. The van der Waals surface area contributed by atoms with Crippen molar-refractivity contribution >= 4 is 37.5 Å². The predicted octanol–water partition coefficient (Wildman–Crippen LogP) is 3.38. The quantitative estimate of drug-likeness (QED) is 0.488. The topological polar surface area (TPSA) is 43.1 Å². The predicted molar refractivity (Wildman–Crippen MR) is 58.4 cm³/mol. The van der Waals surface area contributed by atoms with Crippen molar-refractivity contribution in [1.29, 1.82) is 0 Å². The first kappa shape index (κ1) is 10.7. The van der Waals surface area contributed by atoms with E-state index in [0.717, 1.165) is 5.56 Å². The molecule has 70 valence electrons.